The van der Waals surface area contributed by atoms with Gasteiger partial charge in [0, 0.05) is 19.7 Å². The lowest BCUT2D eigenvalue weighted by atomic mass is 10.1. The summed E-state index contributed by atoms with van der Waals surface area (Å²) in [6, 6.07) is 6.72. The molecule has 1 heterocycles. The highest BCUT2D eigenvalue weighted by atomic mass is 32.1. The lowest BCUT2D eigenvalue weighted by Gasteiger charge is -2.14. The zero-order chi connectivity index (χ0) is 14.4. The second-order valence-electron chi connectivity index (χ2n) is 4.70. The van der Waals surface area contributed by atoms with Crippen LogP contribution < -0.4 is 10.6 Å². The Morgan fingerprint density at radius 2 is 2.10 bits per heavy atom. The summed E-state index contributed by atoms with van der Waals surface area (Å²) in [7, 11) is 0. The van der Waals surface area contributed by atoms with Crippen LogP contribution in [0.15, 0.2) is 24.3 Å². The molecular formula is C14H18N2O3S. The molecular weight excluding hydrogens is 276 g/mol. The van der Waals surface area contributed by atoms with Gasteiger partial charge >= 0.3 is 5.97 Å². The van der Waals surface area contributed by atoms with Gasteiger partial charge in [0.25, 0.3) is 0 Å². The van der Waals surface area contributed by atoms with E-state index in [9.17, 15) is 4.79 Å². The van der Waals surface area contributed by atoms with Crippen LogP contribution in [0.3, 0.4) is 0 Å². The molecule has 1 aliphatic heterocycles. The van der Waals surface area contributed by atoms with Crippen molar-refractivity contribution >= 4 is 23.3 Å². The van der Waals surface area contributed by atoms with E-state index in [1.165, 1.54) is 0 Å². The molecule has 6 heteroatoms. The number of hydrogen-bond donors (Lipinski definition) is 3. The molecule has 0 spiro atoms. The molecule has 1 saturated heterocycles. The van der Waals surface area contributed by atoms with Gasteiger partial charge in [0.2, 0.25) is 0 Å². The Morgan fingerprint density at radius 3 is 2.70 bits per heavy atom. The van der Waals surface area contributed by atoms with Crippen LogP contribution in [-0.4, -0.2) is 35.4 Å². The third-order valence-corrected chi connectivity index (χ3v) is 3.46. The van der Waals surface area contributed by atoms with Gasteiger partial charge < -0.3 is 20.5 Å². The first-order chi connectivity index (χ1) is 9.65. The zero-order valence-electron chi connectivity index (χ0n) is 11.1. The van der Waals surface area contributed by atoms with Gasteiger partial charge in [0.1, 0.15) is 0 Å². The number of carboxylic acids is 1. The maximum absolute atomic E-state index is 10.7. The number of rotatable bonds is 5. The second-order valence-corrected chi connectivity index (χ2v) is 5.11. The van der Waals surface area contributed by atoms with Gasteiger partial charge in [0.05, 0.1) is 11.7 Å². The number of aromatic carboxylic acids is 1. The molecule has 1 aromatic carbocycles. The quantitative estimate of drug-likeness (QED) is 0.715. The van der Waals surface area contributed by atoms with E-state index < -0.39 is 5.97 Å². The Kier molecular flexibility index (Phi) is 5.31. The monoisotopic (exact) mass is 294 g/mol. The molecule has 0 aromatic heterocycles. The number of benzene rings is 1. The number of carbonyl (C=O) groups is 1. The van der Waals surface area contributed by atoms with Crippen molar-refractivity contribution in [3.05, 3.63) is 35.4 Å². The molecule has 0 bridgehead atoms. The van der Waals surface area contributed by atoms with Crippen LogP contribution >= 0.6 is 12.2 Å². The predicted molar refractivity (Wildman–Crippen MR) is 79.8 cm³/mol. The topological polar surface area (TPSA) is 70.6 Å². The molecule has 0 radical (unpaired) electrons. The van der Waals surface area contributed by atoms with Crippen molar-refractivity contribution in [3.63, 3.8) is 0 Å². The van der Waals surface area contributed by atoms with Gasteiger partial charge in [-0.2, -0.15) is 0 Å². The highest BCUT2D eigenvalue weighted by molar-refractivity contribution is 7.80. The highest BCUT2D eigenvalue weighted by Crippen LogP contribution is 2.10. The first-order valence-corrected chi connectivity index (χ1v) is 7.01. The van der Waals surface area contributed by atoms with E-state index in [1.54, 1.807) is 24.3 Å². The smallest absolute Gasteiger partial charge is 0.335 e. The summed E-state index contributed by atoms with van der Waals surface area (Å²) >= 11 is 5.18. The SMILES string of the molecule is O=C(O)c1ccc(CNC(=S)NC[C@H]2CCCO2)cc1. The fraction of sp³-hybridized carbons (Fsp3) is 0.429. The molecule has 1 aromatic rings. The lowest BCUT2D eigenvalue weighted by molar-refractivity contribution is 0.0697. The van der Waals surface area contributed by atoms with Gasteiger partial charge in [-0.1, -0.05) is 12.1 Å². The van der Waals surface area contributed by atoms with Gasteiger partial charge in [-0.3, -0.25) is 0 Å². The number of carboxylic acid groups (broad SMARTS) is 1. The lowest BCUT2D eigenvalue weighted by Crippen LogP contribution is -2.39. The van der Waals surface area contributed by atoms with E-state index in [-0.39, 0.29) is 11.7 Å². The first-order valence-electron chi connectivity index (χ1n) is 6.60. The number of thiocarbonyl (C=S) groups is 1. The average Bonchev–Trinajstić information content (AvgIpc) is 2.96. The average molecular weight is 294 g/mol. The van der Waals surface area contributed by atoms with Crippen LogP contribution in [0.1, 0.15) is 28.8 Å². The van der Waals surface area contributed by atoms with Gasteiger partial charge in [-0.25, -0.2) is 4.79 Å². The second kappa shape index (κ2) is 7.21. The predicted octanol–water partition coefficient (Wildman–Crippen LogP) is 1.53. The Morgan fingerprint density at radius 1 is 1.35 bits per heavy atom. The Balaban J connectivity index is 1.70. The van der Waals surface area contributed by atoms with Gasteiger partial charge in [-0.15, -0.1) is 0 Å². The fourth-order valence-electron chi connectivity index (χ4n) is 2.02. The van der Waals surface area contributed by atoms with Crippen LogP contribution in [0.2, 0.25) is 0 Å². The van der Waals surface area contributed by atoms with Gasteiger partial charge in [-0.05, 0) is 42.8 Å². The van der Waals surface area contributed by atoms with Crippen molar-refractivity contribution in [3.8, 4) is 0 Å². The van der Waals surface area contributed by atoms with Crippen molar-refractivity contribution in [2.75, 3.05) is 13.2 Å². The van der Waals surface area contributed by atoms with Crippen molar-refractivity contribution in [2.24, 2.45) is 0 Å². The molecule has 1 atom stereocenters. The van der Waals surface area contributed by atoms with E-state index in [4.69, 9.17) is 22.1 Å². The maximum Gasteiger partial charge on any atom is 0.335 e. The normalized spacial score (nSPS) is 17.7. The highest BCUT2D eigenvalue weighted by Gasteiger charge is 2.15. The van der Waals surface area contributed by atoms with Crippen LogP contribution in [0, 0.1) is 0 Å². The Labute approximate surface area is 123 Å². The fourth-order valence-corrected chi connectivity index (χ4v) is 2.18. The minimum absolute atomic E-state index is 0.254. The molecule has 0 aliphatic carbocycles. The van der Waals surface area contributed by atoms with Crippen LogP contribution in [0.25, 0.3) is 0 Å². The molecule has 2 rings (SSSR count). The van der Waals surface area contributed by atoms with Crippen molar-refractivity contribution in [2.45, 2.75) is 25.5 Å². The summed E-state index contributed by atoms with van der Waals surface area (Å²) in [6.07, 6.45) is 2.44. The summed E-state index contributed by atoms with van der Waals surface area (Å²) in [5.74, 6) is -0.918. The third kappa shape index (κ3) is 4.47. The minimum Gasteiger partial charge on any atom is -0.478 e. The summed E-state index contributed by atoms with van der Waals surface area (Å²) in [4.78, 5) is 10.7. The standard InChI is InChI=1S/C14H18N2O3S/c17-13(18)11-5-3-10(4-6-11)8-15-14(20)16-9-12-2-1-7-19-12/h3-6,12H,1-2,7-9H2,(H,17,18)(H2,15,16,20)/t12-/m1/s1. The van der Waals surface area contributed by atoms with E-state index in [1.807, 2.05) is 0 Å². The molecule has 0 amide bonds. The van der Waals surface area contributed by atoms with Crippen molar-refractivity contribution < 1.29 is 14.6 Å². The van der Waals surface area contributed by atoms with E-state index in [2.05, 4.69) is 10.6 Å². The van der Waals surface area contributed by atoms with Crippen molar-refractivity contribution in [1.29, 1.82) is 0 Å². The van der Waals surface area contributed by atoms with Gasteiger partial charge in [0.15, 0.2) is 5.11 Å². The van der Waals surface area contributed by atoms with Crippen LogP contribution in [0.5, 0.6) is 0 Å². The first kappa shape index (κ1) is 14.7. The zero-order valence-corrected chi connectivity index (χ0v) is 11.9. The van der Waals surface area contributed by atoms with Crippen molar-refractivity contribution in [1.82, 2.24) is 10.6 Å². The summed E-state index contributed by atoms with van der Waals surface area (Å²) in [5.41, 5.74) is 1.27. The van der Waals surface area contributed by atoms with Crippen LogP contribution in [0.4, 0.5) is 0 Å². The molecule has 20 heavy (non-hydrogen) atoms. The molecule has 5 nitrogen and oxygen atoms in total. The summed E-state index contributed by atoms with van der Waals surface area (Å²) in [5, 5.41) is 15.6. The van der Waals surface area contributed by atoms with E-state index in [0.717, 1.165) is 31.6 Å². The summed E-state index contributed by atoms with van der Waals surface area (Å²) < 4.78 is 5.50. The summed E-state index contributed by atoms with van der Waals surface area (Å²) in [6.45, 7) is 2.13. The Bertz CT molecular complexity index is 470. The van der Waals surface area contributed by atoms with E-state index >= 15 is 0 Å². The molecule has 1 aliphatic rings. The Hall–Kier alpha value is -1.66. The molecule has 0 saturated carbocycles. The maximum atomic E-state index is 10.7. The molecule has 0 unspecified atom stereocenters. The number of nitrogens with one attached hydrogen (secondary N) is 2. The molecule has 1 fully saturated rings. The van der Waals surface area contributed by atoms with Crippen LogP contribution in [-0.2, 0) is 11.3 Å². The molecule has 108 valence electrons. The number of ether oxygens (including phenoxy) is 1. The molecule has 3 N–H and O–H groups in total. The largest absolute Gasteiger partial charge is 0.478 e. The minimum atomic E-state index is -0.918. The van der Waals surface area contributed by atoms with E-state index in [0.29, 0.717) is 11.7 Å². The number of hydrogen-bond acceptors (Lipinski definition) is 3. The third-order valence-electron chi connectivity index (χ3n) is 3.17.